The fourth-order valence-electron chi connectivity index (χ4n) is 4.32. The smallest absolute Gasteiger partial charge is 0.317 e. The predicted octanol–water partition coefficient (Wildman–Crippen LogP) is 0.574. The van der Waals surface area contributed by atoms with Crippen molar-refractivity contribution in [2.24, 2.45) is 5.41 Å². The normalized spacial score (nSPS) is 23.4. The van der Waals surface area contributed by atoms with Crippen molar-refractivity contribution >= 4 is 17.7 Å². The maximum atomic E-state index is 13.1. The molecule has 3 amide bonds. The van der Waals surface area contributed by atoms with Crippen LogP contribution < -0.4 is 16.0 Å². The van der Waals surface area contributed by atoms with Crippen molar-refractivity contribution in [2.45, 2.75) is 65.1 Å². The fourth-order valence-corrected chi connectivity index (χ4v) is 4.32. The third-order valence-electron chi connectivity index (χ3n) is 5.73. The highest BCUT2D eigenvalue weighted by Crippen LogP contribution is 2.32. The molecule has 28 heavy (non-hydrogen) atoms. The summed E-state index contributed by atoms with van der Waals surface area (Å²) in [4.78, 5) is 41.6. The van der Waals surface area contributed by atoms with E-state index >= 15 is 0 Å². The highest BCUT2D eigenvalue weighted by atomic mass is 16.2. The van der Waals surface area contributed by atoms with Crippen LogP contribution in [0.5, 0.6) is 0 Å². The minimum absolute atomic E-state index is 0.00691. The standard InChI is InChI=1S/C20H37N5O3/c1-6-22-19(28)25-12-9-14-15(25)8-11-24(14)13-16(26)18(20(2,3)4)23-17(27)7-10-21-5/h14-15,18,21H,6-13H2,1-5H3,(H,22,28)(H,23,27). The van der Waals surface area contributed by atoms with E-state index in [1.165, 1.54) is 0 Å². The number of fused-ring (bicyclic) bond motifs is 1. The zero-order valence-corrected chi connectivity index (χ0v) is 18.0. The number of carbonyl (C=O) groups excluding carboxylic acids is 3. The Morgan fingerprint density at radius 2 is 1.79 bits per heavy atom. The minimum Gasteiger partial charge on any atom is -0.346 e. The van der Waals surface area contributed by atoms with Crippen LogP contribution in [0.4, 0.5) is 4.79 Å². The van der Waals surface area contributed by atoms with Crippen molar-refractivity contribution in [3.8, 4) is 0 Å². The highest BCUT2D eigenvalue weighted by molar-refractivity contribution is 5.91. The molecule has 0 radical (unpaired) electrons. The second-order valence-electron chi connectivity index (χ2n) is 8.90. The number of carbonyl (C=O) groups is 3. The van der Waals surface area contributed by atoms with Crippen LogP contribution in [0.1, 0.15) is 47.0 Å². The molecule has 8 nitrogen and oxygen atoms in total. The minimum atomic E-state index is -0.517. The van der Waals surface area contributed by atoms with Gasteiger partial charge in [0.15, 0.2) is 5.78 Å². The first-order chi connectivity index (χ1) is 13.2. The number of nitrogens with one attached hydrogen (secondary N) is 3. The van der Waals surface area contributed by atoms with E-state index in [1.807, 2.05) is 32.6 Å². The number of hydrogen-bond donors (Lipinski definition) is 3. The van der Waals surface area contributed by atoms with E-state index in [-0.39, 0.29) is 35.2 Å². The van der Waals surface area contributed by atoms with Gasteiger partial charge in [-0.2, -0.15) is 0 Å². The predicted molar refractivity (Wildman–Crippen MR) is 109 cm³/mol. The van der Waals surface area contributed by atoms with Crippen molar-refractivity contribution in [1.29, 1.82) is 0 Å². The summed E-state index contributed by atoms with van der Waals surface area (Å²) in [6, 6.07) is -0.117. The van der Waals surface area contributed by atoms with Crippen LogP contribution in [0.25, 0.3) is 0 Å². The van der Waals surface area contributed by atoms with E-state index in [9.17, 15) is 14.4 Å². The first-order valence-electron chi connectivity index (χ1n) is 10.4. The number of amides is 3. The second kappa shape index (κ2) is 9.69. The molecule has 0 bridgehead atoms. The van der Waals surface area contributed by atoms with Gasteiger partial charge in [-0.05, 0) is 32.2 Å². The average Bonchev–Trinajstić information content (AvgIpc) is 3.20. The van der Waals surface area contributed by atoms with Gasteiger partial charge in [-0.25, -0.2) is 4.79 Å². The lowest BCUT2D eigenvalue weighted by molar-refractivity contribution is -0.131. The van der Waals surface area contributed by atoms with E-state index in [1.54, 1.807) is 7.05 Å². The van der Waals surface area contributed by atoms with Gasteiger partial charge in [-0.15, -0.1) is 0 Å². The third kappa shape index (κ3) is 5.44. The Hall–Kier alpha value is -1.67. The first-order valence-corrected chi connectivity index (χ1v) is 10.4. The monoisotopic (exact) mass is 395 g/mol. The summed E-state index contributed by atoms with van der Waals surface area (Å²) >= 11 is 0. The maximum absolute atomic E-state index is 13.1. The molecular weight excluding hydrogens is 358 g/mol. The van der Waals surface area contributed by atoms with Crippen LogP contribution in [-0.4, -0.2) is 85.4 Å². The van der Waals surface area contributed by atoms with Gasteiger partial charge in [-0.3, -0.25) is 14.5 Å². The molecule has 2 rings (SSSR count). The summed E-state index contributed by atoms with van der Waals surface area (Å²) in [7, 11) is 1.80. The topological polar surface area (TPSA) is 93.8 Å². The van der Waals surface area contributed by atoms with Crippen molar-refractivity contribution in [3.63, 3.8) is 0 Å². The Balaban J connectivity index is 1.98. The molecule has 3 N–H and O–H groups in total. The number of Topliss-reactive ketones (excluding diaryl/α,β-unsaturated/α-hetero) is 1. The van der Waals surface area contributed by atoms with E-state index in [2.05, 4.69) is 20.9 Å². The van der Waals surface area contributed by atoms with Crippen molar-refractivity contribution < 1.29 is 14.4 Å². The van der Waals surface area contributed by atoms with Crippen molar-refractivity contribution in [2.75, 3.05) is 39.8 Å². The molecule has 2 saturated heterocycles. The molecule has 3 atom stereocenters. The van der Waals surface area contributed by atoms with Crippen LogP contribution in [0, 0.1) is 5.41 Å². The summed E-state index contributed by atoms with van der Waals surface area (Å²) < 4.78 is 0. The lowest BCUT2D eigenvalue weighted by Crippen LogP contribution is -2.53. The van der Waals surface area contributed by atoms with Gasteiger partial charge < -0.3 is 20.9 Å². The van der Waals surface area contributed by atoms with Gasteiger partial charge in [0.1, 0.15) is 0 Å². The molecular formula is C20H37N5O3. The maximum Gasteiger partial charge on any atom is 0.317 e. The van der Waals surface area contributed by atoms with Gasteiger partial charge in [0, 0.05) is 38.6 Å². The summed E-state index contributed by atoms with van der Waals surface area (Å²) in [5.74, 6) is -0.0624. The largest absolute Gasteiger partial charge is 0.346 e. The second-order valence-corrected chi connectivity index (χ2v) is 8.90. The van der Waals surface area contributed by atoms with Gasteiger partial charge in [0.05, 0.1) is 18.6 Å². The lowest BCUT2D eigenvalue weighted by Gasteiger charge is -2.32. The quantitative estimate of drug-likeness (QED) is 0.559. The van der Waals surface area contributed by atoms with E-state index < -0.39 is 6.04 Å². The molecule has 0 saturated carbocycles. The molecule has 0 aromatic carbocycles. The molecule has 0 aliphatic carbocycles. The van der Waals surface area contributed by atoms with Gasteiger partial charge in [0.25, 0.3) is 0 Å². The van der Waals surface area contributed by atoms with E-state index in [4.69, 9.17) is 0 Å². The van der Waals surface area contributed by atoms with Crippen LogP contribution in [0.15, 0.2) is 0 Å². The van der Waals surface area contributed by atoms with Gasteiger partial charge >= 0.3 is 6.03 Å². The number of rotatable bonds is 8. The Labute approximate surface area is 168 Å². The zero-order chi connectivity index (χ0) is 20.9. The Morgan fingerprint density at radius 3 is 2.39 bits per heavy atom. The van der Waals surface area contributed by atoms with Crippen molar-refractivity contribution in [3.05, 3.63) is 0 Å². The number of nitrogens with zero attached hydrogens (tertiary/aromatic N) is 2. The number of likely N-dealkylation sites (tertiary alicyclic amines) is 2. The summed E-state index contributed by atoms with van der Waals surface area (Å²) in [5, 5.41) is 8.78. The highest BCUT2D eigenvalue weighted by Gasteiger charge is 2.45. The molecule has 2 heterocycles. The van der Waals surface area contributed by atoms with Gasteiger partial charge in [0.2, 0.25) is 5.91 Å². The number of hydrogen-bond acceptors (Lipinski definition) is 5. The SMILES string of the molecule is CCNC(=O)N1CCC2C1CCN2CC(=O)C(NC(=O)CCNC)C(C)(C)C. The number of urea groups is 1. The van der Waals surface area contributed by atoms with Crippen LogP contribution in [0.2, 0.25) is 0 Å². The lowest BCUT2D eigenvalue weighted by atomic mass is 9.83. The van der Waals surface area contributed by atoms with Crippen LogP contribution in [0.3, 0.4) is 0 Å². The molecule has 160 valence electrons. The Morgan fingerprint density at radius 1 is 1.11 bits per heavy atom. The zero-order valence-electron chi connectivity index (χ0n) is 18.0. The van der Waals surface area contributed by atoms with Crippen LogP contribution >= 0.6 is 0 Å². The van der Waals surface area contributed by atoms with Crippen molar-refractivity contribution in [1.82, 2.24) is 25.8 Å². The van der Waals surface area contributed by atoms with E-state index in [0.717, 1.165) is 25.9 Å². The van der Waals surface area contributed by atoms with Gasteiger partial charge in [-0.1, -0.05) is 20.8 Å². The summed E-state index contributed by atoms with van der Waals surface area (Å²) in [6.07, 6.45) is 2.14. The molecule has 0 aromatic heterocycles. The number of ketones is 1. The molecule has 0 spiro atoms. The third-order valence-corrected chi connectivity index (χ3v) is 5.73. The molecule has 2 fully saturated rings. The van der Waals surface area contributed by atoms with Crippen LogP contribution in [-0.2, 0) is 9.59 Å². The molecule has 0 aromatic rings. The Kier molecular flexibility index (Phi) is 7.83. The summed E-state index contributed by atoms with van der Waals surface area (Å²) in [6.45, 7) is 10.9. The Bertz CT molecular complexity index is 575. The average molecular weight is 396 g/mol. The molecule has 2 aliphatic rings. The van der Waals surface area contributed by atoms with E-state index in [0.29, 0.717) is 26.1 Å². The molecule has 8 heteroatoms. The fraction of sp³-hybridized carbons (Fsp3) is 0.850. The molecule has 3 unspecified atom stereocenters. The first kappa shape index (κ1) is 22.6. The molecule has 2 aliphatic heterocycles. The summed E-state index contributed by atoms with van der Waals surface area (Å²) in [5.41, 5.74) is -0.353.